The van der Waals surface area contributed by atoms with Crippen molar-refractivity contribution in [2.45, 2.75) is 31.1 Å². The van der Waals surface area contributed by atoms with Gasteiger partial charge in [-0.05, 0) is 52.1 Å². The van der Waals surface area contributed by atoms with Crippen LogP contribution in [-0.2, 0) is 5.41 Å². The number of thioether (sulfide) groups is 1. The van der Waals surface area contributed by atoms with Crippen molar-refractivity contribution in [2.75, 3.05) is 0 Å². The molecule has 0 saturated carbocycles. The fourth-order valence-corrected chi connectivity index (χ4v) is 6.80. The predicted molar refractivity (Wildman–Crippen MR) is 133 cm³/mol. The largest absolute Gasteiger partial charge is 0.256 e. The Bertz CT molecular complexity index is 1380. The highest BCUT2D eigenvalue weighted by Crippen LogP contribution is 2.44. The molecule has 0 unspecified atom stereocenters. The van der Waals surface area contributed by atoms with E-state index in [0.29, 0.717) is 0 Å². The molecular formula is C25H21NS3. The Labute approximate surface area is 183 Å². The average molecular weight is 432 g/mol. The molecule has 2 aromatic carbocycles. The van der Waals surface area contributed by atoms with Crippen LogP contribution in [0.15, 0.2) is 70.9 Å². The van der Waals surface area contributed by atoms with Crippen molar-refractivity contribution < 1.29 is 0 Å². The lowest BCUT2D eigenvalue weighted by atomic mass is 9.85. The highest BCUT2D eigenvalue weighted by atomic mass is 32.2. The molecule has 0 bridgehead atoms. The third-order valence-corrected chi connectivity index (χ3v) is 8.11. The SMILES string of the molecule is C=CSc1ccc(-c2nccc3sc4c5ccsc5ccc4c23)cc1C(C)(C)C. The first-order chi connectivity index (χ1) is 14.0. The van der Waals surface area contributed by atoms with Gasteiger partial charge in [0, 0.05) is 46.9 Å². The lowest BCUT2D eigenvalue weighted by molar-refractivity contribution is 0.578. The third kappa shape index (κ3) is 3.10. The predicted octanol–water partition coefficient (Wildman–Crippen LogP) is 8.86. The average Bonchev–Trinajstić information content (AvgIpc) is 3.31. The topological polar surface area (TPSA) is 12.9 Å². The highest BCUT2D eigenvalue weighted by Gasteiger charge is 2.21. The number of thiophene rings is 2. The molecule has 0 N–H and O–H groups in total. The molecule has 0 saturated heterocycles. The first-order valence-corrected chi connectivity index (χ1v) is 12.1. The summed E-state index contributed by atoms with van der Waals surface area (Å²) >= 11 is 5.37. The van der Waals surface area contributed by atoms with Gasteiger partial charge in [0.25, 0.3) is 0 Å². The summed E-state index contributed by atoms with van der Waals surface area (Å²) in [4.78, 5) is 6.11. The molecule has 5 aromatic rings. The molecule has 1 nitrogen and oxygen atoms in total. The number of fused-ring (bicyclic) bond motifs is 5. The molecule has 0 spiro atoms. The van der Waals surface area contributed by atoms with E-state index in [4.69, 9.17) is 4.98 Å². The summed E-state index contributed by atoms with van der Waals surface area (Å²) in [6.07, 6.45) is 1.95. The van der Waals surface area contributed by atoms with Gasteiger partial charge in [0.15, 0.2) is 0 Å². The maximum absolute atomic E-state index is 4.85. The molecule has 3 heterocycles. The zero-order valence-corrected chi connectivity index (χ0v) is 19.1. The van der Waals surface area contributed by atoms with Gasteiger partial charge in [-0.1, -0.05) is 51.2 Å². The Morgan fingerprint density at radius 3 is 2.66 bits per heavy atom. The summed E-state index contributed by atoms with van der Waals surface area (Å²) in [6, 6.07) is 15.6. The van der Waals surface area contributed by atoms with Crippen molar-refractivity contribution >= 4 is 64.7 Å². The summed E-state index contributed by atoms with van der Waals surface area (Å²) < 4.78 is 4.01. The van der Waals surface area contributed by atoms with Crippen molar-refractivity contribution in [3.05, 3.63) is 71.6 Å². The number of rotatable bonds is 3. The van der Waals surface area contributed by atoms with Crippen LogP contribution in [0.2, 0.25) is 0 Å². The summed E-state index contributed by atoms with van der Waals surface area (Å²) in [6.45, 7) is 10.7. The van der Waals surface area contributed by atoms with Crippen molar-refractivity contribution in [3.8, 4) is 11.3 Å². The second-order valence-corrected chi connectivity index (χ2v) is 11.2. The van der Waals surface area contributed by atoms with Crippen LogP contribution in [-0.4, -0.2) is 4.98 Å². The maximum atomic E-state index is 4.85. The van der Waals surface area contributed by atoms with Crippen LogP contribution < -0.4 is 0 Å². The first-order valence-electron chi connectivity index (χ1n) is 9.57. The molecule has 5 rings (SSSR count). The molecular weight excluding hydrogens is 410 g/mol. The number of hydrogen-bond donors (Lipinski definition) is 0. The van der Waals surface area contributed by atoms with Crippen molar-refractivity contribution in [3.63, 3.8) is 0 Å². The van der Waals surface area contributed by atoms with Crippen LogP contribution in [0.1, 0.15) is 26.3 Å². The normalized spacial score (nSPS) is 12.2. The Morgan fingerprint density at radius 1 is 1.00 bits per heavy atom. The number of nitrogens with zero attached hydrogens (tertiary/aromatic N) is 1. The molecule has 0 aliphatic rings. The molecule has 0 fully saturated rings. The van der Waals surface area contributed by atoms with Crippen molar-refractivity contribution in [2.24, 2.45) is 0 Å². The van der Waals surface area contributed by atoms with Gasteiger partial charge in [-0.15, -0.1) is 22.7 Å². The molecule has 0 atom stereocenters. The Hall–Kier alpha value is -2.14. The number of hydrogen-bond acceptors (Lipinski definition) is 4. The van der Waals surface area contributed by atoms with Crippen LogP contribution in [0, 0.1) is 0 Å². The first kappa shape index (κ1) is 18.9. The summed E-state index contributed by atoms with van der Waals surface area (Å²) in [7, 11) is 0. The van der Waals surface area contributed by atoms with E-state index in [9.17, 15) is 0 Å². The Kier molecular flexibility index (Phi) is 4.54. The molecule has 0 aliphatic heterocycles. The number of pyridine rings is 1. The summed E-state index contributed by atoms with van der Waals surface area (Å²) in [5, 5.41) is 8.01. The van der Waals surface area contributed by atoms with Gasteiger partial charge >= 0.3 is 0 Å². The van der Waals surface area contributed by atoms with Gasteiger partial charge in [0.1, 0.15) is 0 Å². The van der Waals surface area contributed by atoms with Gasteiger partial charge in [0.05, 0.1) is 5.69 Å². The van der Waals surface area contributed by atoms with Crippen LogP contribution in [0.3, 0.4) is 0 Å². The monoisotopic (exact) mass is 431 g/mol. The molecule has 0 aliphatic carbocycles. The molecule has 0 radical (unpaired) electrons. The quantitative estimate of drug-likeness (QED) is 0.265. The van der Waals surface area contributed by atoms with Crippen molar-refractivity contribution in [1.29, 1.82) is 0 Å². The molecule has 29 heavy (non-hydrogen) atoms. The zero-order chi connectivity index (χ0) is 20.2. The smallest absolute Gasteiger partial charge is 0.0795 e. The lowest BCUT2D eigenvalue weighted by Gasteiger charge is -2.23. The molecule has 0 amide bonds. The van der Waals surface area contributed by atoms with E-state index in [-0.39, 0.29) is 5.41 Å². The fraction of sp³-hybridized carbons (Fsp3) is 0.160. The lowest BCUT2D eigenvalue weighted by Crippen LogP contribution is -2.12. The van der Waals surface area contributed by atoms with Gasteiger partial charge in [-0.2, -0.15) is 0 Å². The van der Waals surface area contributed by atoms with Gasteiger partial charge < -0.3 is 0 Å². The Morgan fingerprint density at radius 2 is 1.86 bits per heavy atom. The van der Waals surface area contributed by atoms with Gasteiger partial charge in [-0.3, -0.25) is 4.98 Å². The number of benzene rings is 2. The van der Waals surface area contributed by atoms with Crippen LogP contribution in [0.4, 0.5) is 0 Å². The van der Waals surface area contributed by atoms with E-state index in [0.717, 1.165) is 5.69 Å². The zero-order valence-electron chi connectivity index (χ0n) is 16.7. The maximum Gasteiger partial charge on any atom is 0.0795 e. The van der Waals surface area contributed by atoms with E-state index in [1.807, 2.05) is 22.9 Å². The van der Waals surface area contributed by atoms with Crippen LogP contribution >= 0.6 is 34.4 Å². The van der Waals surface area contributed by atoms with Gasteiger partial charge in [0.2, 0.25) is 0 Å². The standard InChI is InChI=1S/C25H21NS3/c1-5-27-20-8-6-15(14-18(20)25(2,3)4)23-22-17-7-9-19-16(11-13-28-19)24(17)29-21(22)10-12-26-23/h5-14H,1H2,2-4H3. The second-order valence-electron chi connectivity index (χ2n) is 8.15. The Balaban J connectivity index is 1.81. The van der Waals surface area contributed by atoms with E-state index >= 15 is 0 Å². The van der Waals surface area contributed by atoms with E-state index in [1.54, 1.807) is 23.1 Å². The molecule has 144 valence electrons. The van der Waals surface area contributed by atoms with E-state index < -0.39 is 0 Å². The highest BCUT2D eigenvalue weighted by molar-refractivity contribution is 8.02. The minimum Gasteiger partial charge on any atom is -0.256 e. The second kappa shape index (κ2) is 6.98. The fourth-order valence-electron chi connectivity index (χ4n) is 3.90. The summed E-state index contributed by atoms with van der Waals surface area (Å²) in [5.41, 5.74) is 3.64. The minimum absolute atomic E-state index is 0.0504. The van der Waals surface area contributed by atoms with Gasteiger partial charge in [-0.25, -0.2) is 0 Å². The van der Waals surface area contributed by atoms with Crippen molar-refractivity contribution in [1.82, 2.24) is 4.98 Å². The minimum atomic E-state index is 0.0504. The summed E-state index contributed by atoms with van der Waals surface area (Å²) in [5.74, 6) is 0. The third-order valence-electron chi connectivity index (χ3n) is 5.25. The van der Waals surface area contributed by atoms with E-state index in [2.05, 4.69) is 75.2 Å². The molecule has 3 aromatic heterocycles. The molecule has 4 heteroatoms. The van der Waals surface area contributed by atoms with E-state index in [1.165, 1.54) is 46.3 Å². The number of aromatic nitrogens is 1. The van der Waals surface area contributed by atoms with Crippen LogP contribution in [0.25, 0.3) is 41.5 Å². The van der Waals surface area contributed by atoms with Crippen LogP contribution in [0.5, 0.6) is 0 Å².